The van der Waals surface area contributed by atoms with E-state index < -0.39 is 0 Å². The van der Waals surface area contributed by atoms with Crippen molar-refractivity contribution in [3.63, 3.8) is 0 Å². The summed E-state index contributed by atoms with van der Waals surface area (Å²) in [7, 11) is 1.81. The number of carbonyl (C=O) groups is 2. The lowest BCUT2D eigenvalue weighted by molar-refractivity contribution is -0.123. The van der Waals surface area contributed by atoms with Gasteiger partial charge >= 0.3 is 0 Å². The van der Waals surface area contributed by atoms with Crippen LogP contribution in [-0.2, 0) is 17.3 Å². The van der Waals surface area contributed by atoms with Gasteiger partial charge < -0.3 is 16.0 Å². The van der Waals surface area contributed by atoms with E-state index in [9.17, 15) is 9.59 Å². The quantitative estimate of drug-likeness (QED) is 0.594. The lowest BCUT2D eigenvalue weighted by Crippen LogP contribution is -2.33. The number of benzene rings is 1. The second-order valence-corrected chi connectivity index (χ2v) is 10.2. The number of aryl methyl sites for hydroxylation is 2. The van der Waals surface area contributed by atoms with Crippen molar-refractivity contribution >= 4 is 35.5 Å². The fourth-order valence-corrected chi connectivity index (χ4v) is 4.22. The van der Waals surface area contributed by atoms with Gasteiger partial charge in [-0.2, -0.15) is 10.2 Å². The molecule has 0 radical (unpaired) electrons. The van der Waals surface area contributed by atoms with Crippen LogP contribution >= 0.6 is 0 Å². The summed E-state index contributed by atoms with van der Waals surface area (Å²) in [5, 5.41) is 19.9. The maximum Gasteiger partial charge on any atom is 0.256 e. The second-order valence-electron chi connectivity index (χ2n) is 10.2. The number of aromatic nitrogens is 2. The van der Waals surface area contributed by atoms with Crippen LogP contribution < -0.4 is 16.0 Å². The fraction of sp³-hybridized carbons (Fsp3) is 0.423. The van der Waals surface area contributed by atoms with Gasteiger partial charge in [0.15, 0.2) is 5.84 Å². The first kappa shape index (κ1) is 25.2. The van der Waals surface area contributed by atoms with Crippen LogP contribution in [0.2, 0.25) is 0 Å². The van der Waals surface area contributed by atoms with Gasteiger partial charge in [0.2, 0.25) is 5.91 Å². The van der Waals surface area contributed by atoms with Gasteiger partial charge in [0.1, 0.15) is 17.9 Å². The molecule has 0 spiro atoms. The summed E-state index contributed by atoms with van der Waals surface area (Å²) in [5.74, 6) is 0.675. The van der Waals surface area contributed by atoms with Gasteiger partial charge in [-0.3, -0.25) is 19.3 Å². The topological polar surface area (TPSA) is 116 Å². The van der Waals surface area contributed by atoms with E-state index in [1.165, 1.54) is 6.34 Å². The summed E-state index contributed by atoms with van der Waals surface area (Å²) in [6.07, 6.45) is 1.47. The maximum absolute atomic E-state index is 13.1. The van der Waals surface area contributed by atoms with E-state index >= 15 is 0 Å². The van der Waals surface area contributed by atoms with Crippen LogP contribution in [0.25, 0.3) is 0 Å². The summed E-state index contributed by atoms with van der Waals surface area (Å²) in [6, 6.07) is 7.38. The molecule has 0 fully saturated rings. The van der Waals surface area contributed by atoms with Crippen molar-refractivity contribution in [2.75, 3.05) is 23.7 Å². The van der Waals surface area contributed by atoms with Crippen molar-refractivity contribution in [3.8, 4) is 0 Å². The molecule has 190 valence electrons. The third-order valence-corrected chi connectivity index (χ3v) is 6.42. The van der Waals surface area contributed by atoms with Gasteiger partial charge in [-0.1, -0.05) is 26.8 Å². The van der Waals surface area contributed by atoms with Gasteiger partial charge in [-0.15, -0.1) is 0 Å². The molecule has 2 aliphatic rings. The molecule has 1 aromatic heterocycles. The molecular formula is C26H34N8O2. The summed E-state index contributed by atoms with van der Waals surface area (Å²) in [5.41, 5.74) is 4.67. The molecule has 2 amide bonds. The zero-order valence-electron chi connectivity index (χ0n) is 21.9. The Kier molecular flexibility index (Phi) is 6.71. The Morgan fingerprint density at radius 2 is 1.92 bits per heavy atom. The van der Waals surface area contributed by atoms with E-state index in [1.807, 2.05) is 40.0 Å². The van der Waals surface area contributed by atoms with E-state index in [4.69, 9.17) is 0 Å². The molecule has 1 aromatic carbocycles. The molecule has 2 aliphatic heterocycles. The number of amidine groups is 1. The van der Waals surface area contributed by atoms with Gasteiger partial charge in [0.25, 0.3) is 5.91 Å². The molecule has 10 nitrogen and oxygen atoms in total. The summed E-state index contributed by atoms with van der Waals surface area (Å²) in [6.45, 7) is 13.1. The first-order valence-corrected chi connectivity index (χ1v) is 12.1. The lowest BCUT2D eigenvalue weighted by atomic mass is 9.92. The average Bonchev–Trinajstić information content (AvgIpc) is 3.36. The standard InChI is InChI=1S/C26H34N8O2/c1-8-27-25(36)18-13-34-22(16(18)3)23(28-14-29-34)30-19-11-17(10-9-15(19)2)24(35)31-21-12-20(26(4,5)6)32-33(21)7/h9-12,14,18H,8,13H2,1-7H3,(H,27,36)(H,31,35)(H,28,29,30). The minimum atomic E-state index is -0.294. The first-order chi connectivity index (χ1) is 17.0. The first-order valence-electron chi connectivity index (χ1n) is 12.1. The molecule has 3 heterocycles. The summed E-state index contributed by atoms with van der Waals surface area (Å²) in [4.78, 5) is 30.1. The lowest BCUT2D eigenvalue weighted by Gasteiger charge is -2.22. The number of carbonyl (C=O) groups excluding carboxylic acids is 2. The summed E-state index contributed by atoms with van der Waals surface area (Å²) < 4.78 is 1.68. The van der Waals surface area contributed by atoms with Crippen LogP contribution in [-0.4, -0.2) is 51.9 Å². The van der Waals surface area contributed by atoms with Crippen molar-refractivity contribution < 1.29 is 9.59 Å². The molecule has 36 heavy (non-hydrogen) atoms. The normalized spacial score (nSPS) is 17.1. The van der Waals surface area contributed by atoms with Crippen molar-refractivity contribution in [1.82, 2.24) is 20.1 Å². The Balaban J connectivity index is 1.57. The highest BCUT2D eigenvalue weighted by atomic mass is 16.2. The van der Waals surface area contributed by atoms with Crippen molar-refractivity contribution in [1.29, 1.82) is 0 Å². The number of nitrogens with zero attached hydrogens (tertiary/aromatic N) is 5. The van der Waals surface area contributed by atoms with Crippen LogP contribution in [0.3, 0.4) is 0 Å². The number of anilines is 2. The van der Waals surface area contributed by atoms with Gasteiger partial charge in [-0.05, 0) is 44.0 Å². The molecule has 1 atom stereocenters. The molecule has 0 saturated carbocycles. The molecule has 4 rings (SSSR count). The average molecular weight is 491 g/mol. The van der Waals surface area contributed by atoms with Crippen molar-refractivity contribution in [3.05, 3.63) is 52.4 Å². The number of hydrazone groups is 1. The minimum absolute atomic E-state index is 0.0221. The Morgan fingerprint density at radius 1 is 1.17 bits per heavy atom. The number of hydrogen-bond donors (Lipinski definition) is 3. The Morgan fingerprint density at radius 3 is 2.58 bits per heavy atom. The smallest absolute Gasteiger partial charge is 0.256 e. The Hall–Kier alpha value is -3.95. The predicted molar refractivity (Wildman–Crippen MR) is 142 cm³/mol. The van der Waals surface area contributed by atoms with Crippen LogP contribution in [0.15, 0.2) is 45.6 Å². The predicted octanol–water partition coefficient (Wildman–Crippen LogP) is 3.39. The second kappa shape index (κ2) is 9.60. The van der Waals surface area contributed by atoms with E-state index in [0.29, 0.717) is 30.3 Å². The number of nitrogens with one attached hydrogen (secondary N) is 3. The maximum atomic E-state index is 13.1. The fourth-order valence-electron chi connectivity index (χ4n) is 4.22. The Bertz CT molecular complexity index is 1300. The molecule has 0 saturated heterocycles. The zero-order valence-corrected chi connectivity index (χ0v) is 21.9. The molecule has 10 heteroatoms. The van der Waals surface area contributed by atoms with Crippen LogP contribution in [0.1, 0.15) is 56.2 Å². The SMILES string of the molecule is CCNC(=O)C1CN2N=CN=C(Nc3cc(C(=O)Nc4cc(C(C)(C)C)nn4C)ccc3C)C2=C1C. The molecule has 0 bridgehead atoms. The highest BCUT2D eigenvalue weighted by Crippen LogP contribution is 2.32. The highest BCUT2D eigenvalue weighted by Gasteiger charge is 2.37. The van der Waals surface area contributed by atoms with Gasteiger partial charge in [-0.25, -0.2) is 4.99 Å². The molecule has 3 N–H and O–H groups in total. The van der Waals surface area contributed by atoms with E-state index in [2.05, 4.69) is 51.9 Å². The summed E-state index contributed by atoms with van der Waals surface area (Å²) >= 11 is 0. The van der Waals surface area contributed by atoms with Crippen LogP contribution in [0.4, 0.5) is 11.5 Å². The van der Waals surface area contributed by atoms with E-state index in [-0.39, 0.29) is 23.1 Å². The molecule has 1 unspecified atom stereocenters. The number of fused-ring (bicyclic) bond motifs is 1. The van der Waals surface area contributed by atoms with Gasteiger partial charge in [0.05, 0.1) is 18.2 Å². The zero-order chi connectivity index (χ0) is 26.2. The Labute approximate surface area is 211 Å². The molecular weight excluding hydrogens is 456 g/mol. The number of hydrogen-bond acceptors (Lipinski definition) is 7. The highest BCUT2D eigenvalue weighted by molar-refractivity contribution is 6.13. The van der Waals surface area contributed by atoms with Crippen molar-refractivity contribution in [2.45, 2.75) is 47.0 Å². The molecule has 2 aromatic rings. The molecule has 0 aliphatic carbocycles. The monoisotopic (exact) mass is 490 g/mol. The van der Waals surface area contributed by atoms with Crippen LogP contribution in [0, 0.1) is 12.8 Å². The number of rotatable bonds is 5. The third kappa shape index (κ3) is 4.89. The van der Waals surface area contributed by atoms with E-state index in [1.54, 1.807) is 21.8 Å². The number of amides is 2. The van der Waals surface area contributed by atoms with Crippen LogP contribution in [0.5, 0.6) is 0 Å². The number of aliphatic imine (C=N–C) groups is 1. The van der Waals surface area contributed by atoms with Gasteiger partial charge in [0, 0.05) is 36.3 Å². The van der Waals surface area contributed by atoms with E-state index in [0.717, 1.165) is 28.2 Å². The largest absolute Gasteiger partial charge is 0.356 e. The van der Waals surface area contributed by atoms with Crippen molar-refractivity contribution in [2.24, 2.45) is 23.1 Å². The minimum Gasteiger partial charge on any atom is -0.356 e. The third-order valence-electron chi connectivity index (χ3n) is 6.42.